The SMILES string of the molecule is CC1=C(C(=O)Nc2ccccc2F)C(c2ccco2)C(C#N)=C(SCC(=O)NC(C)(C)C)N1. The molecule has 2 amide bonds. The Labute approximate surface area is 196 Å². The number of nitrogens with one attached hydrogen (secondary N) is 3. The molecule has 2 aromatic rings. The second-order valence-corrected chi connectivity index (χ2v) is 9.47. The number of hydrogen-bond acceptors (Lipinski definition) is 6. The molecule has 0 radical (unpaired) electrons. The first kappa shape index (κ1) is 24.1. The molecule has 7 nitrogen and oxygen atoms in total. The minimum Gasteiger partial charge on any atom is -0.468 e. The Morgan fingerprint density at radius 2 is 1.97 bits per heavy atom. The Hall–Kier alpha value is -3.51. The molecular weight excluding hydrogens is 443 g/mol. The van der Waals surface area contributed by atoms with Gasteiger partial charge >= 0.3 is 0 Å². The van der Waals surface area contributed by atoms with Crippen molar-refractivity contribution >= 4 is 29.3 Å². The van der Waals surface area contributed by atoms with Crippen molar-refractivity contribution < 1.29 is 18.4 Å². The quantitative estimate of drug-likeness (QED) is 0.580. The Morgan fingerprint density at radius 1 is 1.24 bits per heavy atom. The highest BCUT2D eigenvalue weighted by Gasteiger charge is 2.36. The first-order chi connectivity index (χ1) is 15.6. The van der Waals surface area contributed by atoms with Crippen LogP contribution in [0, 0.1) is 17.1 Å². The minimum absolute atomic E-state index is 0.0301. The topological polar surface area (TPSA) is 107 Å². The van der Waals surface area contributed by atoms with Crippen LogP contribution in [-0.2, 0) is 9.59 Å². The number of carbonyl (C=O) groups is 2. The molecule has 1 aliphatic rings. The number of furan rings is 1. The lowest BCUT2D eigenvalue weighted by Gasteiger charge is -2.28. The molecule has 1 unspecified atom stereocenters. The average molecular weight is 469 g/mol. The highest BCUT2D eigenvalue weighted by Crippen LogP contribution is 2.41. The van der Waals surface area contributed by atoms with E-state index in [0.29, 0.717) is 16.5 Å². The maximum atomic E-state index is 14.1. The van der Waals surface area contributed by atoms with Gasteiger partial charge in [-0.15, -0.1) is 0 Å². The number of halogens is 1. The standard InChI is InChI=1S/C24H25FN4O3S/c1-14-20(22(31)28-17-9-6-5-8-16(17)25)21(18-10-7-11-32-18)15(12-26)23(27-14)33-13-19(30)29-24(2,3)4/h5-11,21,27H,13H2,1-4H3,(H,28,31)(H,29,30). The van der Waals surface area contributed by atoms with Crippen molar-refractivity contribution in [2.24, 2.45) is 0 Å². The lowest BCUT2D eigenvalue weighted by atomic mass is 9.85. The number of rotatable bonds is 6. The monoisotopic (exact) mass is 468 g/mol. The van der Waals surface area contributed by atoms with Crippen LogP contribution in [0.2, 0.25) is 0 Å². The summed E-state index contributed by atoms with van der Waals surface area (Å²) in [4.78, 5) is 25.5. The van der Waals surface area contributed by atoms with Crippen molar-refractivity contribution in [1.82, 2.24) is 10.6 Å². The summed E-state index contributed by atoms with van der Waals surface area (Å²) >= 11 is 1.17. The zero-order chi connectivity index (χ0) is 24.2. The van der Waals surface area contributed by atoms with Crippen molar-refractivity contribution in [3.8, 4) is 6.07 Å². The summed E-state index contributed by atoms with van der Waals surface area (Å²) in [7, 11) is 0. The van der Waals surface area contributed by atoms with Crippen molar-refractivity contribution in [3.05, 3.63) is 76.1 Å². The average Bonchev–Trinajstić information content (AvgIpc) is 3.26. The molecule has 0 spiro atoms. The summed E-state index contributed by atoms with van der Waals surface area (Å²) in [5.41, 5.74) is 0.593. The molecule has 9 heteroatoms. The van der Waals surface area contributed by atoms with Crippen LogP contribution in [0.1, 0.15) is 39.4 Å². The molecule has 3 N–H and O–H groups in total. The number of nitrogens with zero attached hydrogens (tertiary/aromatic N) is 1. The summed E-state index contributed by atoms with van der Waals surface area (Å²) < 4.78 is 19.7. The smallest absolute Gasteiger partial charge is 0.254 e. The minimum atomic E-state index is -0.814. The molecular formula is C24H25FN4O3S. The van der Waals surface area contributed by atoms with Gasteiger partial charge in [-0.25, -0.2) is 4.39 Å². The second kappa shape index (κ2) is 9.96. The highest BCUT2D eigenvalue weighted by atomic mass is 32.2. The van der Waals surface area contributed by atoms with Crippen LogP contribution in [0.25, 0.3) is 0 Å². The molecule has 33 heavy (non-hydrogen) atoms. The largest absolute Gasteiger partial charge is 0.468 e. The molecule has 0 bridgehead atoms. The number of allylic oxidation sites excluding steroid dienone is 2. The molecule has 2 heterocycles. The Kier molecular flexibility index (Phi) is 7.29. The van der Waals surface area contributed by atoms with Gasteiger partial charge in [0, 0.05) is 11.2 Å². The van der Waals surface area contributed by atoms with E-state index in [1.54, 1.807) is 25.1 Å². The summed E-state index contributed by atoms with van der Waals surface area (Å²) in [5, 5.41) is 19.0. The van der Waals surface area contributed by atoms with Crippen LogP contribution in [0.3, 0.4) is 0 Å². The molecule has 0 saturated carbocycles. The fraction of sp³-hybridized carbons (Fsp3) is 0.292. The van der Waals surface area contributed by atoms with Gasteiger partial charge in [0.25, 0.3) is 5.91 Å². The van der Waals surface area contributed by atoms with E-state index in [1.807, 2.05) is 20.8 Å². The third-order valence-corrected chi connectivity index (χ3v) is 5.72. The van der Waals surface area contributed by atoms with Gasteiger partial charge in [0.1, 0.15) is 11.6 Å². The molecule has 0 aliphatic carbocycles. The van der Waals surface area contributed by atoms with Gasteiger partial charge in [0.05, 0.1) is 45.9 Å². The summed E-state index contributed by atoms with van der Waals surface area (Å²) in [6, 6.07) is 11.3. The van der Waals surface area contributed by atoms with E-state index < -0.39 is 17.6 Å². The highest BCUT2D eigenvalue weighted by molar-refractivity contribution is 8.03. The van der Waals surface area contributed by atoms with Crippen LogP contribution in [0.5, 0.6) is 0 Å². The first-order valence-corrected chi connectivity index (χ1v) is 11.2. The molecule has 1 atom stereocenters. The summed E-state index contributed by atoms with van der Waals surface area (Å²) in [5.74, 6) is -1.65. The predicted molar refractivity (Wildman–Crippen MR) is 125 cm³/mol. The third-order valence-electron chi connectivity index (χ3n) is 4.70. The number of benzene rings is 1. The Morgan fingerprint density at radius 3 is 2.58 bits per heavy atom. The number of thioether (sulfide) groups is 1. The number of anilines is 1. The van der Waals surface area contributed by atoms with E-state index in [-0.39, 0.29) is 34.0 Å². The lowest BCUT2D eigenvalue weighted by Crippen LogP contribution is -2.41. The van der Waals surface area contributed by atoms with Crippen LogP contribution in [0.15, 0.2) is 69.0 Å². The van der Waals surface area contributed by atoms with Gasteiger partial charge in [0.2, 0.25) is 5.91 Å². The molecule has 1 aromatic heterocycles. The van der Waals surface area contributed by atoms with Gasteiger partial charge in [-0.2, -0.15) is 5.26 Å². The first-order valence-electron chi connectivity index (χ1n) is 10.3. The molecule has 172 valence electrons. The zero-order valence-electron chi connectivity index (χ0n) is 18.8. The summed E-state index contributed by atoms with van der Waals surface area (Å²) in [6.45, 7) is 7.34. The maximum absolute atomic E-state index is 14.1. The predicted octanol–water partition coefficient (Wildman–Crippen LogP) is 4.40. The number of para-hydroxylation sites is 1. The third kappa shape index (κ3) is 5.84. The van der Waals surface area contributed by atoms with Crippen LogP contribution < -0.4 is 16.0 Å². The van der Waals surface area contributed by atoms with Crippen LogP contribution in [0.4, 0.5) is 10.1 Å². The molecule has 0 fully saturated rings. The lowest BCUT2D eigenvalue weighted by molar-refractivity contribution is -0.120. The van der Waals surface area contributed by atoms with E-state index in [1.165, 1.54) is 36.2 Å². The normalized spacial score (nSPS) is 16.2. The van der Waals surface area contributed by atoms with E-state index in [9.17, 15) is 19.2 Å². The fourth-order valence-corrected chi connectivity index (χ4v) is 4.30. The van der Waals surface area contributed by atoms with Gasteiger partial charge in [-0.3, -0.25) is 9.59 Å². The Balaban J connectivity index is 1.93. The van der Waals surface area contributed by atoms with E-state index in [0.717, 1.165) is 0 Å². The van der Waals surface area contributed by atoms with Gasteiger partial charge < -0.3 is 20.4 Å². The Bertz CT molecular complexity index is 1160. The van der Waals surface area contributed by atoms with E-state index >= 15 is 0 Å². The van der Waals surface area contributed by atoms with Crippen LogP contribution in [-0.4, -0.2) is 23.1 Å². The fourth-order valence-electron chi connectivity index (χ4n) is 3.41. The maximum Gasteiger partial charge on any atom is 0.254 e. The van der Waals surface area contributed by atoms with E-state index in [2.05, 4.69) is 22.0 Å². The molecule has 1 aromatic carbocycles. The molecule has 3 rings (SSSR count). The van der Waals surface area contributed by atoms with Gasteiger partial charge in [-0.05, 0) is 52.0 Å². The number of dihydropyridines is 1. The van der Waals surface area contributed by atoms with Gasteiger partial charge in [0.15, 0.2) is 0 Å². The van der Waals surface area contributed by atoms with E-state index in [4.69, 9.17) is 4.42 Å². The van der Waals surface area contributed by atoms with Crippen molar-refractivity contribution in [2.75, 3.05) is 11.1 Å². The number of nitriles is 1. The van der Waals surface area contributed by atoms with Crippen molar-refractivity contribution in [1.29, 1.82) is 5.26 Å². The number of carbonyl (C=O) groups excluding carboxylic acids is 2. The molecule has 0 saturated heterocycles. The number of amides is 2. The molecule has 1 aliphatic heterocycles. The zero-order valence-corrected chi connectivity index (χ0v) is 19.6. The number of hydrogen-bond donors (Lipinski definition) is 3. The summed E-state index contributed by atoms with van der Waals surface area (Å²) in [6.07, 6.45) is 1.46. The van der Waals surface area contributed by atoms with Crippen molar-refractivity contribution in [2.45, 2.75) is 39.2 Å². The second-order valence-electron chi connectivity index (χ2n) is 8.49. The van der Waals surface area contributed by atoms with Crippen molar-refractivity contribution in [3.63, 3.8) is 0 Å². The van der Waals surface area contributed by atoms with Gasteiger partial charge in [-0.1, -0.05) is 23.9 Å². The van der Waals surface area contributed by atoms with Crippen LogP contribution >= 0.6 is 11.8 Å².